The Morgan fingerprint density at radius 3 is 1.80 bits per heavy atom. The number of nitrogens with zero attached hydrogens (tertiary/aromatic N) is 2. The van der Waals surface area contributed by atoms with Gasteiger partial charge in [0.15, 0.2) is 6.54 Å². The minimum Gasteiger partial charge on any atom is -0.383 e. The lowest BCUT2D eigenvalue weighted by molar-refractivity contribution is -0.692. The number of rotatable bonds is 6. The summed E-state index contributed by atoms with van der Waals surface area (Å²) in [4.78, 5) is 2.15. The molecule has 4 fully saturated rings. The van der Waals surface area contributed by atoms with E-state index in [1.54, 1.807) is 0 Å². The molecule has 0 radical (unpaired) electrons. The lowest BCUT2D eigenvalue weighted by Gasteiger charge is -2.65. The predicted octanol–water partition coefficient (Wildman–Crippen LogP) is 10.6. The van der Waals surface area contributed by atoms with Crippen LogP contribution in [0.15, 0.2) is 97.1 Å². The van der Waals surface area contributed by atoms with E-state index in [9.17, 15) is 5.11 Å². The first-order valence-corrected chi connectivity index (χ1v) is 19.2. The SMILES string of the molecule is CN(C)c1ccc(-c2cc(-c3ccccc3)[n+](C[C@@]3(O)CCC4C5CC[C@@]6(C)CCCCC6(C)C5CCC43C)c(-c3ccccc3)c2)cc1. The minimum absolute atomic E-state index is 0.0947. The topological polar surface area (TPSA) is 27.4 Å². The molecular weight excluding hydrogens is 597 g/mol. The smallest absolute Gasteiger partial charge is 0.213 e. The van der Waals surface area contributed by atoms with Crippen molar-refractivity contribution in [1.82, 2.24) is 0 Å². The van der Waals surface area contributed by atoms with Crippen LogP contribution in [0.25, 0.3) is 33.6 Å². The normalized spacial score (nSPS) is 33.7. The van der Waals surface area contributed by atoms with Crippen LogP contribution in [-0.4, -0.2) is 24.8 Å². The molecule has 4 aliphatic carbocycles. The summed E-state index contributed by atoms with van der Waals surface area (Å²) < 4.78 is 2.49. The maximum Gasteiger partial charge on any atom is 0.213 e. The van der Waals surface area contributed by atoms with Crippen LogP contribution in [0.5, 0.6) is 0 Å². The van der Waals surface area contributed by atoms with E-state index in [1.165, 1.54) is 84.3 Å². The van der Waals surface area contributed by atoms with Crippen molar-refractivity contribution in [2.75, 3.05) is 19.0 Å². The zero-order valence-corrected chi connectivity index (χ0v) is 30.6. The number of aromatic nitrogens is 1. The molecule has 0 bridgehead atoms. The molecule has 3 aromatic carbocycles. The van der Waals surface area contributed by atoms with E-state index in [2.05, 4.69) is 141 Å². The van der Waals surface area contributed by atoms with Crippen LogP contribution >= 0.6 is 0 Å². The fourth-order valence-corrected chi connectivity index (χ4v) is 11.8. The highest BCUT2D eigenvalue weighted by atomic mass is 16.3. The Kier molecular flexibility index (Phi) is 8.10. The van der Waals surface area contributed by atoms with E-state index in [0.29, 0.717) is 23.3 Å². The van der Waals surface area contributed by atoms with E-state index < -0.39 is 5.60 Å². The molecule has 4 aromatic rings. The summed E-state index contributed by atoms with van der Waals surface area (Å²) in [5.74, 6) is 2.14. The third-order valence-electron chi connectivity index (χ3n) is 15.1. The van der Waals surface area contributed by atoms with E-state index in [-0.39, 0.29) is 5.41 Å². The zero-order valence-electron chi connectivity index (χ0n) is 30.6. The van der Waals surface area contributed by atoms with E-state index >= 15 is 0 Å². The number of fused-ring (bicyclic) bond motifs is 5. The van der Waals surface area contributed by atoms with Crippen LogP contribution < -0.4 is 9.47 Å². The van der Waals surface area contributed by atoms with Crippen LogP contribution in [0.1, 0.15) is 85.0 Å². The van der Waals surface area contributed by atoms with Gasteiger partial charge in [0.2, 0.25) is 11.4 Å². The van der Waals surface area contributed by atoms with Gasteiger partial charge in [-0.2, -0.15) is 4.57 Å². The van der Waals surface area contributed by atoms with Crippen molar-refractivity contribution in [1.29, 1.82) is 0 Å². The third-order valence-corrected chi connectivity index (χ3v) is 15.1. The van der Waals surface area contributed by atoms with Crippen molar-refractivity contribution in [2.24, 2.45) is 34.0 Å². The van der Waals surface area contributed by atoms with Crippen molar-refractivity contribution in [3.63, 3.8) is 0 Å². The largest absolute Gasteiger partial charge is 0.383 e. The quantitative estimate of drug-likeness (QED) is 0.210. The number of anilines is 1. The van der Waals surface area contributed by atoms with Gasteiger partial charge in [-0.15, -0.1) is 0 Å². The molecule has 8 rings (SSSR count). The molecule has 0 spiro atoms. The number of pyridine rings is 1. The molecule has 5 unspecified atom stereocenters. The maximum absolute atomic E-state index is 13.2. The van der Waals surface area contributed by atoms with Gasteiger partial charge in [-0.1, -0.05) is 82.1 Å². The zero-order chi connectivity index (χ0) is 34.0. The molecule has 3 nitrogen and oxygen atoms in total. The summed E-state index contributed by atoms with van der Waals surface area (Å²) in [6.07, 6.45) is 12.8. The summed E-state index contributed by atoms with van der Waals surface area (Å²) >= 11 is 0. The number of aliphatic hydroxyl groups is 1. The highest BCUT2D eigenvalue weighted by molar-refractivity contribution is 5.74. The Morgan fingerprint density at radius 1 is 0.612 bits per heavy atom. The molecule has 0 saturated heterocycles. The fraction of sp³-hybridized carbons (Fsp3) is 0.500. The summed E-state index contributed by atoms with van der Waals surface area (Å²) in [5.41, 5.74) is 8.41. The molecule has 1 N–H and O–H groups in total. The van der Waals surface area contributed by atoms with Crippen molar-refractivity contribution in [2.45, 2.75) is 97.1 Å². The Morgan fingerprint density at radius 2 is 1.18 bits per heavy atom. The second kappa shape index (κ2) is 12.1. The molecule has 4 saturated carbocycles. The van der Waals surface area contributed by atoms with Gasteiger partial charge in [0.25, 0.3) is 0 Å². The Hall–Kier alpha value is -3.43. The van der Waals surface area contributed by atoms with Gasteiger partial charge in [0, 0.05) is 48.5 Å². The van der Waals surface area contributed by atoms with Crippen molar-refractivity contribution < 1.29 is 9.67 Å². The number of hydrogen-bond donors (Lipinski definition) is 1. The van der Waals surface area contributed by atoms with E-state index in [4.69, 9.17) is 0 Å². The van der Waals surface area contributed by atoms with Crippen LogP contribution in [-0.2, 0) is 6.54 Å². The first kappa shape index (κ1) is 32.8. The van der Waals surface area contributed by atoms with Gasteiger partial charge in [0.05, 0.1) is 0 Å². The Balaban J connectivity index is 1.22. The van der Waals surface area contributed by atoms with Gasteiger partial charge in [-0.05, 0) is 127 Å². The van der Waals surface area contributed by atoms with Crippen molar-refractivity contribution in [3.05, 3.63) is 97.1 Å². The third kappa shape index (κ3) is 5.21. The summed E-state index contributed by atoms with van der Waals surface area (Å²) in [7, 11) is 4.18. The molecule has 256 valence electrons. The van der Waals surface area contributed by atoms with Gasteiger partial charge in [-0.25, -0.2) is 0 Å². The first-order chi connectivity index (χ1) is 23.6. The summed E-state index contributed by atoms with van der Waals surface area (Å²) in [6.45, 7) is 8.41. The van der Waals surface area contributed by atoms with Gasteiger partial charge in [0.1, 0.15) is 5.60 Å². The minimum atomic E-state index is -0.774. The van der Waals surface area contributed by atoms with E-state index in [1.807, 2.05) is 0 Å². The molecule has 0 aliphatic heterocycles. The van der Waals surface area contributed by atoms with Crippen LogP contribution in [0, 0.1) is 34.0 Å². The molecule has 1 aromatic heterocycles. The Labute approximate surface area is 295 Å². The average molecular weight is 654 g/mol. The average Bonchev–Trinajstić information content (AvgIpc) is 3.39. The molecule has 0 amide bonds. The molecule has 3 heteroatoms. The highest BCUT2D eigenvalue weighted by Gasteiger charge is 2.67. The van der Waals surface area contributed by atoms with Crippen LogP contribution in [0.2, 0.25) is 0 Å². The van der Waals surface area contributed by atoms with Crippen LogP contribution in [0.4, 0.5) is 5.69 Å². The molecule has 7 atom stereocenters. The molecule has 4 aliphatic rings. The number of hydrogen-bond acceptors (Lipinski definition) is 2. The van der Waals surface area contributed by atoms with E-state index in [0.717, 1.165) is 31.1 Å². The second-order valence-electron chi connectivity index (χ2n) is 17.4. The predicted molar refractivity (Wildman–Crippen MR) is 203 cm³/mol. The van der Waals surface area contributed by atoms with Gasteiger partial charge in [-0.3, -0.25) is 0 Å². The van der Waals surface area contributed by atoms with Gasteiger partial charge < -0.3 is 10.0 Å². The standard InChI is InChI=1S/C46H57N2O/c1-43-25-12-13-26-44(43,2)39-23-28-45(3)40(38(39)22-27-43)24-29-46(45,49)32-48-41(34-14-8-6-9-15-34)30-36(31-42(48)35-16-10-7-11-17-35)33-18-20-37(21-19-33)47(4)5/h6-11,14-21,30-31,38-40,49H,12-13,22-29,32H2,1-5H3/q+1/t38?,39?,40?,43-,44?,45?,46+/m1/s1. The second-order valence-corrected chi connectivity index (χ2v) is 17.4. The Bertz CT molecular complexity index is 1740. The number of benzene rings is 3. The summed E-state index contributed by atoms with van der Waals surface area (Å²) in [5, 5.41) is 13.2. The monoisotopic (exact) mass is 653 g/mol. The summed E-state index contributed by atoms with van der Waals surface area (Å²) in [6, 6.07) is 35.4. The molecular formula is C46H57N2O+. The molecule has 49 heavy (non-hydrogen) atoms. The van der Waals surface area contributed by atoms with Crippen molar-refractivity contribution in [3.8, 4) is 33.6 Å². The maximum atomic E-state index is 13.2. The van der Waals surface area contributed by atoms with Crippen LogP contribution in [0.3, 0.4) is 0 Å². The first-order valence-electron chi connectivity index (χ1n) is 19.2. The lowest BCUT2D eigenvalue weighted by Crippen LogP contribution is -2.61. The lowest BCUT2D eigenvalue weighted by atomic mass is 9.40. The van der Waals surface area contributed by atoms with Gasteiger partial charge >= 0.3 is 0 Å². The molecule has 1 heterocycles. The van der Waals surface area contributed by atoms with Crippen molar-refractivity contribution >= 4 is 5.69 Å². The highest BCUT2D eigenvalue weighted by Crippen LogP contribution is 2.71. The fourth-order valence-electron chi connectivity index (χ4n) is 11.8.